The fourth-order valence-corrected chi connectivity index (χ4v) is 3.20. The van der Waals surface area contributed by atoms with Gasteiger partial charge >= 0.3 is 0 Å². The number of carbonyl (C=O) groups is 1. The second-order valence-electron chi connectivity index (χ2n) is 6.16. The van der Waals surface area contributed by atoms with Crippen molar-refractivity contribution in [1.82, 2.24) is 5.32 Å². The molecule has 3 aromatic carbocycles. The maximum atomic E-state index is 13.0. The second-order valence-corrected chi connectivity index (χ2v) is 6.98. The van der Waals surface area contributed by atoms with E-state index in [1.165, 1.54) is 0 Å². The largest absolute Gasteiger partial charge is 0.332 e. The molecule has 0 saturated heterocycles. The fourth-order valence-electron chi connectivity index (χ4n) is 2.80. The minimum atomic E-state index is -0.450. The van der Waals surface area contributed by atoms with E-state index in [4.69, 9.17) is 23.8 Å². The number of anilines is 1. The summed E-state index contributed by atoms with van der Waals surface area (Å²) in [7, 11) is 0. The van der Waals surface area contributed by atoms with Crippen LogP contribution in [0.4, 0.5) is 5.69 Å². The second kappa shape index (κ2) is 8.80. The van der Waals surface area contributed by atoms with Crippen molar-refractivity contribution < 1.29 is 4.79 Å². The van der Waals surface area contributed by atoms with Gasteiger partial charge in [-0.1, -0.05) is 78.3 Å². The quantitative estimate of drug-likeness (QED) is 0.590. The lowest BCUT2D eigenvalue weighted by Gasteiger charge is -2.19. The lowest BCUT2D eigenvalue weighted by atomic mass is 9.90. The topological polar surface area (TPSA) is 41.1 Å². The summed E-state index contributed by atoms with van der Waals surface area (Å²) < 4.78 is 0. The van der Waals surface area contributed by atoms with Crippen molar-refractivity contribution >= 4 is 40.5 Å². The van der Waals surface area contributed by atoms with Gasteiger partial charge in [0, 0.05) is 10.7 Å². The van der Waals surface area contributed by atoms with Gasteiger partial charge in [-0.15, -0.1) is 0 Å². The molecule has 0 aliphatic heterocycles. The van der Waals surface area contributed by atoms with Crippen LogP contribution in [-0.2, 0) is 4.79 Å². The van der Waals surface area contributed by atoms with Gasteiger partial charge < -0.3 is 10.6 Å². The molecule has 0 fully saturated rings. The van der Waals surface area contributed by atoms with E-state index in [0.717, 1.165) is 22.4 Å². The van der Waals surface area contributed by atoms with E-state index in [0.29, 0.717) is 5.02 Å². The maximum absolute atomic E-state index is 13.0. The third kappa shape index (κ3) is 4.94. The molecule has 136 valence electrons. The number of aryl methyl sites for hydroxylation is 1. The smallest absolute Gasteiger partial charge is 0.238 e. The molecule has 3 rings (SSSR count). The zero-order valence-electron chi connectivity index (χ0n) is 14.8. The zero-order valence-corrected chi connectivity index (χ0v) is 16.3. The van der Waals surface area contributed by atoms with Gasteiger partial charge in [0.25, 0.3) is 0 Å². The number of halogens is 1. The third-order valence-corrected chi connectivity index (χ3v) is 4.81. The fraction of sp³-hybridized carbons (Fsp3) is 0.0909. The monoisotopic (exact) mass is 394 g/mol. The average molecular weight is 395 g/mol. The van der Waals surface area contributed by atoms with Crippen LogP contribution >= 0.6 is 23.8 Å². The van der Waals surface area contributed by atoms with Crippen molar-refractivity contribution in [2.24, 2.45) is 0 Å². The van der Waals surface area contributed by atoms with E-state index in [-0.39, 0.29) is 11.0 Å². The van der Waals surface area contributed by atoms with E-state index in [1.807, 2.05) is 79.7 Å². The highest BCUT2D eigenvalue weighted by Crippen LogP contribution is 2.25. The number of thiocarbonyl (C=S) groups is 1. The van der Waals surface area contributed by atoms with Crippen LogP contribution in [-0.4, -0.2) is 11.0 Å². The molecule has 3 nitrogen and oxygen atoms in total. The molecule has 0 aliphatic rings. The SMILES string of the molecule is Cc1ccc(NC(=S)NC(=O)C(c2ccccc2)c2ccccc2)cc1Cl. The summed E-state index contributed by atoms with van der Waals surface area (Å²) in [6.45, 7) is 1.93. The first-order valence-corrected chi connectivity index (χ1v) is 9.31. The minimum absolute atomic E-state index is 0.192. The zero-order chi connectivity index (χ0) is 19.2. The Labute approximate surface area is 169 Å². The van der Waals surface area contributed by atoms with E-state index in [1.54, 1.807) is 6.07 Å². The highest BCUT2D eigenvalue weighted by Gasteiger charge is 2.23. The molecule has 2 N–H and O–H groups in total. The number of rotatable bonds is 4. The van der Waals surface area contributed by atoms with E-state index in [9.17, 15) is 4.79 Å². The van der Waals surface area contributed by atoms with Crippen LogP contribution < -0.4 is 10.6 Å². The number of nitrogens with one attached hydrogen (secondary N) is 2. The molecule has 0 unspecified atom stereocenters. The molecule has 0 aromatic heterocycles. The van der Waals surface area contributed by atoms with Crippen molar-refractivity contribution in [1.29, 1.82) is 0 Å². The molecule has 1 amide bonds. The standard InChI is InChI=1S/C22H19ClN2OS/c1-15-12-13-18(14-19(15)23)24-22(27)25-21(26)20(16-8-4-2-5-9-16)17-10-6-3-7-11-17/h2-14,20H,1H3,(H2,24,25,26,27). The van der Waals surface area contributed by atoms with Crippen molar-refractivity contribution in [2.75, 3.05) is 5.32 Å². The van der Waals surface area contributed by atoms with Gasteiger partial charge in [-0.05, 0) is 48.0 Å². The number of benzene rings is 3. The number of hydrogen-bond donors (Lipinski definition) is 2. The summed E-state index contributed by atoms with van der Waals surface area (Å²) in [5, 5.41) is 6.68. The first kappa shape index (κ1) is 19.1. The lowest BCUT2D eigenvalue weighted by Crippen LogP contribution is -2.37. The first-order valence-electron chi connectivity index (χ1n) is 8.52. The minimum Gasteiger partial charge on any atom is -0.332 e. The van der Waals surface area contributed by atoms with Gasteiger partial charge in [0.15, 0.2) is 5.11 Å². The van der Waals surface area contributed by atoms with E-state index >= 15 is 0 Å². The van der Waals surface area contributed by atoms with Crippen molar-refractivity contribution in [3.05, 3.63) is 101 Å². The average Bonchev–Trinajstić information content (AvgIpc) is 2.66. The number of hydrogen-bond acceptors (Lipinski definition) is 2. The van der Waals surface area contributed by atoms with E-state index < -0.39 is 5.92 Å². The summed E-state index contributed by atoms with van der Waals surface area (Å²) in [5.74, 6) is -0.642. The van der Waals surface area contributed by atoms with Crippen LogP contribution in [0.2, 0.25) is 5.02 Å². The molecule has 0 aliphatic carbocycles. The van der Waals surface area contributed by atoms with Gasteiger partial charge in [-0.2, -0.15) is 0 Å². The van der Waals surface area contributed by atoms with Crippen molar-refractivity contribution in [3.63, 3.8) is 0 Å². The Morgan fingerprint density at radius 3 is 2.00 bits per heavy atom. The Bertz CT molecular complexity index is 906. The van der Waals surface area contributed by atoms with E-state index in [2.05, 4.69) is 10.6 Å². The summed E-state index contributed by atoms with van der Waals surface area (Å²) in [5.41, 5.74) is 3.52. The molecular weight excluding hydrogens is 376 g/mol. The Morgan fingerprint density at radius 2 is 1.48 bits per heavy atom. The van der Waals surface area contributed by atoms with Gasteiger partial charge in [-0.25, -0.2) is 0 Å². The molecule has 27 heavy (non-hydrogen) atoms. The van der Waals surface area contributed by atoms with Crippen LogP contribution in [0.1, 0.15) is 22.6 Å². The van der Waals surface area contributed by atoms with Crippen molar-refractivity contribution in [2.45, 2.75) is 12.8 Å². The van der Waals surface area contributed by atoms with Gasteiger partial charge in [0.05, 0.1) is 5.92 Å². The van der Waals surface area contributed by atoms with Crippen molar-refractivity contribution in [3.8, 4) is 0 Å². The molecule has 0 saturated carbocycles. The third-order valence-electron chi connectivity index (χ3n) is 4.19. The molecule has 5 heteroatoms. The predicted octanol–water partition coefficient (Wildman–Crippen LogP) is 5.29. The molecule has 0 radical (unpaired) electrons. The summed E-state index contributed by atoms with van der Waals surface area (Å²) in [4.78, 5) is 13.0. The number of carbonyl (C=O) groups excluding carboxylic acids is 1. The highest BCUT2D eigenvalue weighted by atomic mass is 35.5. The molecular formula is C22H19ClN2OS. The Balaban J connectivity index is 1.78. The van der Waals surface area contributed by atoms with Crippen LogP contribution in [0.15, 0.2) is 78.9 Å². The predicted molar refractivity (Wildman–Crippen MR) is 115 cm³/mol. The van der Waals surface area contributed by atoms with Gasteiger partial charge in [0.2, 0.25) is 5.91 Å². The van der Waals surface area contributed by atoms with Crippen LogP contribution in [0.5, 0.6) is 0 Å². The maximum Gasteiger partial charge on any atom is 0.238 e. The molecule has 3 aromatic rings. The number of amides is 1. The summed E-state index contributed by atoms with van der Waals surface area (Å²) in [6.07, 6.45) is 0. The summed E-state index contributed by atoms with van der Waals surface area (Å²) >= 11 is 11.5. The van der Waals surface area contributed by atoms with Gasteiger partial charge in [0.1, 0.15) is 0 Å². The van der Waals surface area contributed by atoms with Crippen LogP contribution in [0.3, 0.4) is 0 Å². The van der Waals surface area contributed by atoms with Crippen LogP contribution in [0, 0.1) is 6.92 Å². The molecule has 0 atom stereocenters. The molecule has 0 spiro atoms. The van der Waals surface area contributed by atoms with Crippen LogP contribution in [0.25, 0.3) is 0 Å². The lowest BCUT2D eigenvalue weighted by molar-refractivity contribution is -0.120. The van der Waals surface area contributed by atoms with Gasteiger partial charge in [-0.3, -0.25) is 4.79 Å². The first-order chi connectivity index (χ1) is 13.0. The Morgan fingerprint density at radius 1 is 0.926 bits per heavy atom. The Hall–Kier alpha value is -2.69. The Kier molecular flexibility index (Phi) is 6.22. The normalized spacial score (nSPS) is 10.5. The highest BCUT2D eigenvalue weighted by molar-refractivity contribution is 7.80. The molecule has 0 bridgehead atoms. The molecule has 0 heterocycles. The summed E-state index contributed by atoms with van der Waals surface area (Å²) in [6, 6.07) is 24.8.